The van der Waals surface area contributed by atoms with Crippen LogP contribution in [0.2, 0.25) is 0 Å². The number of amides is 1. The molecule has 2 aromatic rings. The maximum atomic E-state index is 12.9. The second-order valence-corrected chi connectivity index (χ2v) is 7.15. The summed E-state index contributed by atoms with van der Waals surface area (Å²) in [6, 6.07) is 18.4. The van der Waals surface area contributed by atoms with Gasteiger partial charge in [0.05, 0.1) is 19.1 Å². The SMILES string of the molecule is CCC(C(=O)NCC(c1cccc(OC)c1)N1CCCC1)c1ccccc1. The molecule has 1 saturated heterocycles. The Morgan fingerprint density at radius 1 is 1.07 bits per heavy atom. The largest absolute Gasteiger partial charge is 0.497 e. The highest BCUT2D eigenvalue weighted by atomic mass is 16.5. The van der Waals surface area contributed by atoms with Crippen molar-refractivity contribution in [2.75, 3.05) is 26.7 Å². The van der Waals surface area contributed by atoms with E-state index in [1.807, 2.05) is 42.5 Å². The van der Waals surface area contributed by atoms with Gasteiger partial charge in [0.1, 0.15) is 5.75 Å². The Morgan fingerprint density at radius 2 is 1.78 bits per heavy atom. The minimum atomic E-state index is -0.101. The molecule has 1 amide bonds. The molecule has 144 valence electrons. The van der Waals surface area contributed by atoms with E-state index in [0.29, 0.717) is 6.54 Å². The van der Waals surface area contributed by atoms with E-state index in [0.717, 1.165) is 30.8 Å². The van der Waals surface area contributed by atoms with Crippen molar-refractivity contribution in [3.8, 4) is 5.75 Å². The minimum Gasteiger partial charge on any atom is -0.497 e. The maximum Gasteiger partial charge on any atom is 0.227 e. The van der Waals surface area contributed by atoms with E-state index in [4.69, 9.17) is 4.74 Å². The van der Waals surface area contributed by atoms with Crippen molar-refractivity contribution in [1.29, 1.82) is 0 Å². The Bertz CT molecular complexity index is 726. The average molecular weight is 367 g/mol. The molecule has 27 heavy (non-hydrogen) atoms. The number of carbonyl (C=O) groups excluding carboxylic acids is 1. The van der Waals surface area contributed by atoms with Gasteiger partial charge in [-0.3, -0.25) is 9.69 Å². The smallest absolute Gasteiger partial charge is 0.227 e. The van der Waals surface area contributed by atoms with Gasteiger partial charge >= 0.3 is 0 Å². The molecule has 4 nitrogen and oxygen atoms in total. The van der Waals surface area contributed by atoms with E-state index in [-0.39, 0.29) is 17.9 Å². The Hall–Kier alpha value is -2.33. The molecule has 0 saturated carbocycles. The number of nitrogens with zero attached hydrogens (tertiary/aromatic N) is 1. The van der Waals surface area contributed by atoms with Gasteiger partial charge < -0.3 is 10.1 Å². The molecule has 1 fully saturated rings. The lowest BCUT2D eigenvalue weighted by atomic mass is 9.95. The van der Waals surface area contributed by atoms with Gasteiger partial charge in [-0.15, -0.1) is 0 Å². The summed E-state index contributed by atoms with van der Waals surface area (Å²) in [6.07, 6.45) is 3.23. The molecule has 1 N–H and O–H groups in total. The van der Waals surface area contributed by atoms with Gasteiger partial charge in [-0.2, -0.15) is 0 Å². The molecule has 1 aliphatic rings. The number of nitrogens with one attached hydrogen (secondary N) is 1. The number of hydrogen-bond donors (Lipinski definition) is 1. The lowest BCUT2D eigenvalue weighted by Gasteiger charge is -2.29. The Balaban J connectivity index is 1.73. The fraction of sp³-hybridized carbons (Fsp3) is 0.435. The molecular formula is C23H30N2O2. The quantitative estimate of drug-likeness (QED) is 0.763. The first-order valence-corrected chi connectivity index (χ1v) is 9.93. The molecule has 2 unspecified atom stereocenters. The Morgan fingerprint density at radius 3 is 2.44 bits per heavy atom. The van der Waals surface area contributed by atoms with Gasteiger partial charge in [-0.1, -0.05) is 49.4 Å². The highest BCUT2D eigenvalue weighted by Gasteiger charge is 2.26. The van der Waals surface area contributed by atoms with Gasteiger partial charge in [-0.05, 0) is 55.6 Å². The fourth-order valence-corrected chi connectivity index (χ4v) is 3.94. The van der Waals surface area contributed by atoms with Crippen LogP contribution in [0.1, 0.15) is 49.3 Å². The van der Waals surface area contributed by atoms with Gasteiger partial charge in [0.25, 0.3) is 0 Å². The van der Waals surface area contributed by atoms with E-state index >= 15 is 0 Å². The standard InChI is InChI=1S/C23H30N2O2/c1-3-21(18-10-5-4-6-11-18)23(26)24-17-22(25-14-7-8-15-25)19-12-9-13-20(16-19)27-2/h4-6,9-13,16,21-22H,3,7-8,14-15,17H2,1-2H3,(H,24,26). The Labute approximate surface area is 162 Å². The third-order valence-corrected chi connectivity index (χ3v) is 5.46. The number of benzene rings is 2. The molecule has 0 aliphatic carbocycles. The fourth-order valence-electron chi connectivity index (χ4n) is 3.94. The zero-order valence-corrected chi connectivity index (χ0v) is 16.4. The highest BCUT2D eigenvalue weighted by Crippen LogP contribution is 2.27. The lowest BCUT2D eigenvalue weighted by molar-refractivity contribution is -0.122. The first-order valence-electron chi connectivity index (χ1n) is 9.93. The summed E-state index contributed by atoms with van der Waals surface area (Å²) in [5, 5.41) is 3.22. The van der Waals surface area contributed by atoms with Crippen LogP contribution in [0.3, 0.4) is 0 Å². The van der Waals surface area contributed by atoms with Crippen molar-refractivity contribution in [3.05, 3.63) is 65.7 Å². The van der Waals surface area contributed by atoms with Crippen LogP contribution < -0.4 is 10.1 Å². The van der Waals surface area contributed by atoms with Crippen molar-refractivity contribution in [2.45, 2.75) is 38.1 Å². The topological polar surface area (TPSA) is 41.6 Å². The Kier molecular flexibility index (Phi) is 6.88. The van der Waals surface area contributed by atoms with E-state index in [1.165, 1.54) is 18.4 Å². The summed E-state index contributed by atoms with van der Waals surface area (Å²) < 4.78 is 5.40. The van der Waals surface area contributed by atoms with Crippen molar-refractivity contribution in [3.63, 3.8) is 0 Å². The zero-order valence-electron chi connectivity index (χ0n) is 16.4. The van der Waals surface area contributed by atoms with E-state index in [9.17, 15) is 4.79 Å². The summed E-state index contributed by atoms with van der Waals surface area (Å²) in [5.74, 6) is 0.866. The monoisotopic (exact) mass is 366 g/mol. The van der Waals surface area contributed by atoms with Crippen molar-refractivity contribution >= 4 is 5.91 Å². The van der Waals surface area contributed by atoms with E-state index in [2.05, 4.69) is 29.3 Å². The summed E-state index contributed by atoms with van der Waals surface area (Å²) in [7, 11) is 1.69. The normalized spacial score (nSPS) is 16.7. The molecule has 0 spiro atoms. The van der Waals surface area contributed by atoms with Crippen LogP contribution in [0.4, 0.5) is 0 Å². The van der Waals surface area contributed by atoms with E-state index < -0.39 is 0 Å². The second kappa shape index (κ2) is 9.56. The van der Waals surface area contributed by atoms with Crippen LogP contribution in [0, 0.1) is 0 Å². The van der Waals surface area contributed by atoms with Crippen molar-refractivity contribution in [2.24, 2.45) is 0 Å². The predicted molar refractivity (Wildman–Crippen MR) is 109 cm³/mol. The van der Waals surface area contributed by atoms with Crippen molar-refractivity contribution < 1.29 is 9.53 Å². The molecule has 2 aromatic carbocycles. The predicted octanol–water partition coefficient (Wildman–Crippen LogP) is 4.14. The van der Waals surface area contributed by atoms with E-state index in [1.54, 1.807) is 7.11 Å². The molecule has 3 rings (SSSR count). The second-order valence-electron chi connectivity index (χ2n) is 7.15. The summed E-state index contributed by atoms with van der Waals surface area (Å²) >= 11 is 0. The number of methoxy groups -OCH3 is 1. The summed E-state index contributed by atoms with van der Waals surface area (Å²) in [5.41, 5.74) is 2.28. The van der Waals surface area contributed by atoms with Crippen molar-refractivity contribution in [1.82, 2.24) is 10.2 Å². The molecular weight excluding hydrogens is 336 g/mol. The molecule has 0 bridgehead atoms. The number of hydrogen-bond acceptors (Lipinski definition) is 3. The maximum absolute atomic E-state index is 12.9. The van der Waals surface area contributed by atoms with Crippen LogP contribution in [0.5, 0.6) is 5.75 Å². The van der Waals surface area contributed by atoms with Gasteiger partial charge in [0.2, 0.25) is 5.91 Å². The highest BCUT2D eigenvalue weighted by molar-refractivity contribution is 5.83. The molecule has 1 heterocycles. The average Bonchev–Trinajstić information content (AvgIpc) is 3.24. The van der Waals surface area contributed by atoms with Crippen LogP contribution >= 0.6 is 0 Å². The third kappa shape index (κ3) is 4.89. The number of ether oxygens (including phenoxy) is 1. The van der Waals surface area contributed by atoms with Gasteiger partial charge in [0.15, 0.2) is 0 Å². The van der Waals surface area contributed by atoms with Crippen LogP contribution in [0.25, 0.3) is 0 Å². The first-order chi connectivity index (χ1) is 13.2. The molecule has 0 aromatic heterocycles. The van der Waals surface area contributed by atoms with Gasteiger partial charge in [-0.25, -0.2) is 0 Å². The number of carbonyl (C=O) groups is 1. The van der Waals surface area contributed by atoms with Crippen LogP contribution in [0.15, 0.2) is 54.6 Å². The molecule has 0 radical (unpaired) electrons. The zero-order chi connectivity index (χ0) is 19.1. The summed E-state index contributed by atoms with van der Waals surface area (Å²) in [6.45, 7) is 4.84. The third-order valence-electron chi connectivity index (χ3n) is 5.46. The van der Waals surface area contributed by atoms with Crippen LogP contribution in [-0.2, 0) is 4.79 Å². The number of rotatable bonds is 8. The van der Waals surface area contributed by atoms with Gasteiger partial charge in [0, 0.05) is 6.54 Å². The van der Waals surface area contributed by atoms with Crippen LogP contribution in [-0.4, -0.2) is 37.6 Å². The summed E-state index contributed by atoms with van der Waals surface area (Å²) in [4.78, 5) is 15.4. The minimum absolute atomic E-state index is 0.101. The number of likely N-dealkylation sites (tertiary alicyclic amines) is 1. The first kappa shape index (κ1) is 19.4. The lowest BCUT2D eigenvalue weighted by Crippen LogP contribution is -2.38. The molecule has 2 atom stereocenters. The molecule has 1 aliphatic heterocycles. The molecule has 4 heteroatoms.